The molecule has 1 heterocycles. The summed E-state index contributed by atoms with van der Waals surface area (Å²) in [6.45, 7) is 1.35. The topological polar surface area (TPSA) is 20.3 Å². The lowest BCUT2D eigenvalue weighted by Gasteiger charge is -2.31. The van der Waals surface area contributed by atoms with Crippen LogP contribution in [-0.4, -0.2) is 30.2 Å². The number of likely N-dealkylation sites (tertiary alicyclic amines) is 1. The Hall–Kier alpha value is -1.29. The fourth-order valence-corrected chi connectivity index (χ4v) is 2.07. The molecule has 2 nitrogen and oxygen atoms in total. The predicted molar refractivity (Wildman–Crippen MR) is 61.3 cm³/mol. The van der Waals surface area contributed by atoms with Gasteiger partial charge in [-0.25, -0.2) is 8.78 Å². The first kappa shape index (κ1) is 12.2. The Morgan fingerprint density at radius 1 is 1.24 bits per heavy atom. The minimum atomic E-state index is -2.51. The number of halogens is 2. The van der Waals surface area contributed by atoms with Gasteiger partial charge in [0.25, 0.3) is 5.92 Å². The molecule has 0 aliphatic carbocycles. The molecule has 0 spiro atoms. The Labute approximate surface area is 99.2 Å². The van der Waals surface area contributed by atoms with Crippen LogP contribution in [0.4, 0.5) is 8.78 Å². The number of carbonyl (C=O) groups excluding carboxylic acids is 1. The Bertz CT molecular complexity index is 396. The highest BCUT2D eigenvalue weighted by Gasteiger charge is 2.33. The minimum absolute atomic E-state index is 0.0870. The number of rotatable bonds is 3. The van der Waals surface area contributed by atoms with Crippen molar-refractivity contribution in [1.29, 1.82) is 0 Å². The van der Waals surface area contributed by atoms with Crippen LogP contribution >= 0.6 is 0 Å². The number of hydrogen-bond acceptors (Lipinski definition) is 2. The van der Waals surface area contributed by atoms with E-state index in [0.29, 0.717) is 25.2 Å². The van der Waals surface area contributed by atoms with Crippen molar-refractivity contribution in [3.05, 3.63) is 35.4 Å². The second-order valence-corrected chi connectivity index (χ2v) is 4.45. The molecule has 0 bridgehead atoms. The van der Waals surface area contributed by atoms with Gasteiger partial charge in [-0.05, 0) is 5.56 Å². The number of carbonyl (C=O) groups is 1. The fraction of sp³-hybridized carbons (Fsp3) is 0.462. The fourth-order valence-electron chi connectivity index (χ4n) is 2.07. The van der Waals surface area contributed by atoms with E-state index in [1.807, 2.05) is 17.0 Å². The average Bonchev–Trinajstić information content (AvgIpc) is 2.32. The molecule has 1 saturated heterocycles. The van der Waals surface area contributed by atoms with Gasteiger partial charge in [-0.1, -0.05) is 24.3 Å². The second-order valence-electron chi connectivity index (χ2n) is 4.45. The number of aldehydes is 1. The Morgan fingerprint density at radius 3 is 2.53 bits per heavy atom. The third-order valence-corrected chi connectivity index (χ3v) is 3.16. The highest BCUT2D eigenvalue weighted by Crippen LogP contribution is 2.28. The summed E-state index contributed by atoms with van der Waals surface area (Å²) < 4.78 is 26.0. The zero-order valence-corrected chi connectivity index (χ0v) is 9.53. The van der Waals surface area contributed by atoms with Gasteiger partial charge in [0.1, 0.15) is 6.29 Å². The van der Waals surface area contributed by atoms with Crippen molar-refractivity contribution in [2.75, 3.05) is 13.1 Å². The molecule has 0 saturated carbocycles. The van der Waals surface area contributed by atoms with Crippen molar-refractivity contribution in [3.63, 3.8) is 0 Å². The van der Waals surface area contributed by atoms with Crippen molar-refractivity contribution in [2.24, 2.45) is 0 Å². The molecular formula is C13H15F2NO. The van der Waals surface area contributed by atoms with Crippen molar-refractivity contribution in [1.82, 2.24) is 4.90 Å². The zero-order valence-electron chi connectivity index (χ0n) is 9.53. The largest absolute Gasteiger partial charge is 0.299 e. The summed E-state index contributed by atoms with van der Waals surface area (Å²) in [5, 5.41) is 0. The van der Waals surface area contributed by atoms with Gasteiger partial charge >= 0.3 is 0 Å². The van der Waals surface area contributed by atoms with E-state index >= 15 is 0 Å². The maximum atomic E-state index is 13.0. The van der Waals surface area contributed by atoms with Crippen LogP contribution in [0.2, 0.25) is 0 Å². The van der Waals surface area contributed by atoms with E-state index in [1.54, 1.807) is 12.1 Å². The van der Waals surface area contributed by atoms with Gasteiger partial charge in [0, 0.05) is 38.0 Å². The summed E-state index contributed by atoms with van der Waals surface area (Å²) in [5.74, 6) is -2.51. The molecule has 1 fully saturated rings. The van der Waals surface area contributed by atoms with Gasteiger partial charge < -0.3 is 0 Å². The number of piperidine rings is 1. The van der Waals surface area contributed by atoms with Crippen LogP contribution in [0.5, 0.6) is 0 Å². The predicted octanol–water partition coefficient (Wildman–Crippen LogP) is 2.73. The molecule has 2 rings (SSSR count). The summed E-state index contributed by atoms with van der Waals surface area (Å²) >= 11 is 0. The molecule has 1 aliphatic rings. The Balaban J connectivity index is 2.00. The minimum Gasteiger partial charge on any atom is -0.299 e. The lowest BCUT2D eigenvalue weighted by molar-refractivity contribution is -0.0566. The number of alkyl halides is 2. The second kappa shape index (κ2) is 4.92. The van der Waals surface area contributed by atoms with Crippen molar-refractivity contribution < 1.29 is 13.6 Å². The SMILES string of the molecule is O=Cc1ccccc1CN1CCC(F)(F)CC1. The lowest BCUT2D eigenvalue weighted by Crippen LogP contribution is -2.38. The van der Waals surface area contributed by atoms with Crippen LogP contribution in [0.25, 0.3) is 0 Å². The third kappa shape index (κ3) is 3.09. The molecule has 0 unspecified atom stereocenters. The average molecular weight is 239 g/mol. The Kier molecular flexibility index (Phi) is 3.52. The van der Waals surface area contributed by atoms with Gasteiger partial charge in [-0.3, -0.25) is 9.69 Å². The van der Waals surface area contributed by atoms with E-state index in [0.717, 1.165) is 11.8 Å². The molecule has 0 N–H and O–H groups in total. The first-order valence-electron chi connectivity index (χ1n) is 5.74. The monoisotopic (exact) mass is 239 g/mol. The lowest BCUT2D eigenvalue weighted by atomic mass is 10.0. The van der Waals surface area contributed by atoms with E-state index in [-0.39, 0.29) is 12.8 Å². The molecule has 1 aromatic carbocycles. The molecule has 0 radical (unpaired) electrons. The van der Waals surface area contributed by atoms with Crippen LogP contribution in [0.1, 0.15) is 28.8 Å². The summed E-state index contributed by atoms with van der Waals surface area (Å²) in [6, 6.07) is 7.29. The standard InChI is InChI=1S/C13H15F2NO/c14-13(15)5-7-16(8-6-13)9-11-3-1-2-4-12(11)10-17/h1-4,10H,5-9H2. The quantitative estimate of drug-likeness (QED) is 0.756. The molecule has 0 atom stereocenters. The molecule has 92 valence electrons. The van der Waals surface area contributed by atoms with E-state index in [4.69, 9.17) is 0 Å². The maximum absolute atomic E-state index is 13.0. The zero-order chi connectivity index (χ0) is 12.3. The van der Waals surface area contributed by atoms with E-state index in [2.05, 4.69) is 0 Å². The van der Waals surface area contributed by atoms with Gasteiger partial charge in [0.15, 0.2) is 0 Å². The van der Waals surface area contributed by atoms with Crippen LogP contribution in [0, 0.1) is 0 Å². The van der Waals surface area contributed by atoms with Gasteiger partial charge in [0.2, 0.25) is 0 Å². The number of hydrogen-bond donors (Lipinski definition) is 0. The van der Waals surface area contributed by atoms with E-state index in [1.165, 1.54) is 0 Å². The first-order valence-corrected chi connectivity index (χ1v) is 5.74. The molecule has 4 heteroatoms. The third-order valence-electron chi connectivity index (χ3n) is 3.16. The molecule has 0 aromatic heterocycles. The van der Waals surface area contributed by atoms with Crippen molar-refractivity contribution in [3.8, 4) is 0 Å². The molecular weight excluding hydrogens is 224 g/mol. The van der Waals surface area contributed by atoms with Gasteiger partial charge in [-0.15, -0.1) is 0 Å². The summed E-state index contributed by atoms with van der Waals surface area (Å²) in [6.07, 6.45) is 0.639. The Morgan fingerprint density at radius 2 is 1.88 bits per heavy atom. The smallest absolute Gasteiger partial charge is 0.250 e. The first-order chi connectivity index (χ1) is 8.11. The van der Waals surface area contributed by atoms with Crippen LogP contribution in [0.15, 0.2) is 24.3 Å². The summed E-state index contributed by atoms with van der Waals surface area (Å²) in [7, 11) is 0. The summed E-state index contributed by atoms with van der Waals surface area (Å²) in [5.41, 5.74) is 1.55. The maximum Gasteiger partial charge on any atom is 0.250 e. The molecule has 0 amide bonds. The molecule has 17 heavy (non-hydrogen) atoms. The van der Waals surface area contributed by atoms with Gasteiger partial charge in [-0.2, -0.15) is 0 Å². The van der Waals surface area contributed by atoms with Gasteiger partial charge in [0.05, 0.1) is 0 Å². The summed E-state index contributed by atoms with van der Waals surface area (Å²) in [4.78, 5) is 12.8. The molecule has 1 aliphatic heterocycles. The highest BCUT2D eigenvalue weighted by atomic mass is 19.3. The number of nitrogens with zero attached hydrogens (tertiary/aromatic N) is 1. The number of benzene rings is 1. The van der Waals surface area contributed by atoms with Crippen LogP contribution < -0.4 is 0 Å². The van der Waals surface area contributed by atoms with E-state index < -0.39 is 5.92 Å². The van der Waals surface area contributed by atoms with Crippen LogP contribution in [-0.2, 0) is 6.54 Å². The van der Waals surface area contributed by atoms with E-state index in [9.17, 15) is 13.6 Å². The molecule has 1 aromatic rings. The van der Waals surface area contributed by atoms with Crippen LogP contribution in [0.3, 0.4) is 0 Å². The van der Waals surface area contributed by atoms with Crippen molar-refractivity contribution >= 4 is 6.29 Å². The normalized spacial score (nSPS) is 20.1. The van der Waals surface area contributed by atoms with Crippen molar-refractivity contribution in [2.45, 2.75) is 25.3 Å². The highest BCUT2D eigenvalue weighted by molar-refractivity contribution is 5.77.